The Morgan fingerprint density at radius 1 is 1.12 bits per heavy atom. The minimum atomic E-state index is -0.369. The van der Waals surface area contributed by atoms with E-state index in [-0.39, 0.29) is 12.5 Å². The van der Waals surface area contributed by atoms with Crippen LogP contribution in [0.4, 0.5) is 0 Å². The van der Waals surface area contributed by atoms with Crippen molar-refractivity contribution in [1.82, 2.24) is 5.43 Å². The molecule has 138 valence electrons. The second-order valence-electron chi connectivity index (χ2n) is 5.50. The van der Waals surface area contributed by atoms with E-state index in [0.717, 1.165) is 11.1 Å². The highest BCUT2D eigenvalue weighted by Crippen LogP contribution is 2.25. The van der Waals surface area contributed by atoms with Crippen LogP contribution < -0.4 is 19.6 Å². The lowest BCUT2D eigenvalue weighted by Crippen LogP contribution is -2.25. The van der Waals surface area contributed by atoms with Crippen LogP contribution in [0.2, 0.25) is 5.02 Å². The van der Waals surface area contributed by atoms with E-state index in [1.54, 1.807) is 51.5 Å². The Labute approximate surface area is 157 Å². The van der Waals surface area contributed by atoms with E-state index in [2.05, 4.69) is 10.5 Å². The van der Waals surface area contributed by atoms with Crippen molar-refractivity contribution in [2.24, 2.45) is 5.10 Å². The van der Waals surface area contributed by atoms with E-state index < -0.39 is 0 Å². The molecule has 6 nitrogen and oxygen atoms in total. The van der Waals surface area contributed by atoms with Crippen LogP contribution in [-0.4, -0.2) is 32.4 Å². The van der Waals surface area contributed by atoms with Crippen molar-refractivity contribution >= 4 is 23.2 Å². The van der Waals surface area contributed by atoms with Crippen molar-refractivity contribution in [1.29, 1.82) is 0 Å². The second kappa shape index (κ2) is 9.10. The van der Waals surface area contributed by atoms with Crippen molar-refractivity contribution in [2.75, 3.05) is 20.8 Å². The Bertz CT molecular complexity index is 821. The number of aryl methyl sites for hydroxylation is 1. The number of methoxy groups -OCH3 is 2. The van der Waals surface area contributed by atoms with Gasteiger partial charge in [-0.3, -0.25) is 4.79 Å². The average molecular weight is 377 g/mol. The van der Waals surface area contributed by atoms with Gasteiger partial charge in [0.05, 0.1) is 19.9 Å². The molecule has 7 heteroatoms. The van der Waals surface area contributed by atoms with Gasteiger partial charge < -0.3 is 14.2 Å². The van der Waals surface area contributed by atoms with Crippen LogP contribution in [0.15, 0.2) is 41.5 Å². The van der Waals surface area contributed by atoms with Crippen LogP contribution in [0.25, 0.3) is 0 Å². The fourth-order valence-corrected chi connectivity index (χ4v) is 2.48. The van der Waals surface area contributed by atoms with E-state index in [1.807, 2.05) is 13.0 Å². The number of halogens is 1. The maximum atomic E-state index is 12.0. The van der Waals surface area contributed by atoms with E-state index in [4.69, 9.17) is 25.8 Å². The number of carbonyl (C=O) groups is 1. The van der Waals surface area contributed by atoms with Gasteiger partial charge >= 0.3 is 0 Å². The van der Waals surface area contributed by atoms with Gasteiger partial charge in [0.1, 0.15) is 17.2 Å². The van der Waals surface area contributed by atoms with Gasteiger partial charge in [0, 0.05) is 16.7 Å². The summed E-state index contributed by atoms with van der Waals surface area (Å²) < 4.78 is 16.0. The third-order valence-corrected chi connectivity index (χ3v) is 3.88. The molecule has 0 aromatic heterocycles. The van der Waals surface area contributed by atoms with Crippen LogP contribution in [0.5, 0.6) is 17.2 Å². The Morgan fingerprint density at radius 3 is 2.54 bits per heavy atom. The number of amides is 1. The van der Waals surface area contributed by atoms with Crippen molar-refractivity contribution in [3.8, 4) is 17.2 Å². The van der Waals surface area contributed by atoms with Crippen molar-refractivity contribution in [3.05, 3.63) is 52.5 Å². The highest BCUT2D eigenvalue weighted by atomic mass is 35.5. The number of rotatable bonds is 7. The number of carbonyl (C=O) groups excluding carboxylic acids is 1. The van der Waals surface area contributed by atoms with Crippen molar-refractivity contribution in [2.45, 2.75) is 13.8 Å². The van der Waals surface area contributed by atoms with Crippen LogP contribution in [-0.2, 0) is 4.79 Å². The van der Waals surface area contributed by atoms with E-state index in [1.165, 1.54) is 0 Å². The maximum Gasteiger partial charge on any atom is 0.277 e. The van der Waals surface area contributed by atoms with Crippen LogP contribution in [0.1, 0.15) is 18.1 Å². The first-order chi connectivity index (χ1) is 12.4. The molecule has 0 bridgehead atoms. The molecule has 0 heterocycles. The standard InChI is InChI=1S/C19H21ClN2O4/c1-12-9-14(20)5-8-17(12)26-11-19(23)22-21-13(2)16-7-6-15(24-3)10-18(16)25-4/h5-10H,11H2,1-4H3,(H,22,23)/b21-13+. The number of hydrazone groups is 1. The topological polar surface area (TPSA) is 69.2 Å². The van der Waals surface area contributed by atoms with Crippen LogP contribution >= 0.6 is 11.6 Å². The summed E-state index contributed by atoms with van der Waals surface area (Å²) in [5.74, 6) is 1.51. The fourth-order valence-electron chi connectivity index (χ4n) is 2.25. The van der Waals surface area contributed by atoms with Gasteiger partial charge in [-0.1, -0.05) is 11.6 Å². The predicted octanol–water partition coefficient (Wildman–Crippen LogP) is 3.58. The molecular weight excluding hydrogens is 356 g/mol. The Balaban J connectivity index is 1.98. The van der Waals surface area contributed by atoms with Gasteiger partial charge in [-0.2, -0.15) is 5.10 Å². The lowest BCUT2D eigenvalue weighted by Gasteiger charge is -2.11. The third-order valence-electron chi connectivity index (χ3n) is 3.64. The monoisotopic (exact) mass is 376 g/mol. The fraction of sp³-hybridized carbons (Fsp3) is 0.263. The summed E-state index contributed by atoms with van der Waals surface area (Å²) in [6.07, 6.45) is 0. The molecule has 0 radical (unpaired) electrons. The highest BCUT2D eigenvalue weighted by molar-refractivity contribution is 6.30. The van der Waals surface area contributed by atoms with Crippen LogP contribution in [0.3, 0.4) is 0 Å². The minimum Gasteiger partial charge on any atom is -0.497 e. The van der Waals surface area contributed by atoms with Crippen molar-refractivity contribution < 1.29 is 19.0 Å². The summed E-state index contributed by atoms with van der Waals surface area (Å²) in [6.45, 7) is 3.48. The number of benzene rings is 2. The number of hydrogen-bond donors (Lipinski definition) is 1. The molecule has 0 unspecified atom stereocenters. The summed E-state index contributed by atoms with van der Waals surface area (Å²) in [5.41, 5.74) is 4.68. The van der Waals surface area contributed by atoms with Gasteiger partial charge in [-0.05, 0) is 49.7 Å². The molecule has 1 N–H and O–H groups in total. The molecule has 0 saturated heterocycles. The molecule has 0 aliphatic carbocycles. The summed E-state index contributed by atoms with van der Waals surface area (Å²) in [6, 6.07) is 10.6. The van der Waals surface area contributed by atoms with Crippen molar-refractivity contribution in [3.63, 3.8) is 0 Å². The zero-order chi connectivity index (χ0) is 19.1. The third kappa shape index (κ3) is 5.13. The van der Waals surface area contributed by atoms with Gasteiger partial charge in [-0.25, -0.2) is 5.43 Å². The van der Waals surface area contributed by atoms with E-state index >= 15 is 0 Å². The average Bonchev–Trinajstić information content (AvgIpc) is 2.64. The zero-order valence-corrected chi connectivity index (χ0v) is 15.9. The molecule has 2 rings (SSSR count). The van der Waals surface area contributed by atoms with Gasteiger partial charge in [0.25, 0.3) is 5.91 Å². The SMILES string of the molecule is COc1ccc(/C(C)=N/NC(=O)COc2ccc(Cl)cc2C)c(OC)c1. The molecule has 0 aliphatic heterocycles. The molecule has 26 heavy (non-hydrogen) atoms. The molecule has 2 aromatic carbocycles. The normalized spacial score (nSPS) is 11.0. The smallest absolute Gasteiger partial charge is 0.277 e. The largest absolute Gasteiger partial charge is 0.497 e. The molecule has 2 aromatic rings. The predicted molar refractivity (Wildman–Crippen MR) is 102 cm³/mol. The number of ether oxygens (including phenoxy) is 3. The molecule has 0 saturated carbocycles. The first-order valence-electron chi connectivity index (χ1n) is 7.89. The van der Waals surface area contributed by atoms with Gasteiger partial charge in [-0.15, -0.1) is 0 Å². The van der Waals surface area contributed by atoms with Gasteiger partial charge in [0.2, 0.25) is 0 Å². The summed E-state index contributed by atoms with van der Waals surface area (Å²) >= 11 is 5.90. The minimum absolute atomic E-state index is 0.154. The highest BCUT2D eigenvalue weighted by Gasteiger charge is 2.09. The molecule has 0 aliphatic rings. The van der Waals surface area contributed by atoms with E-state index in [0.29, 0.717) is 28.0 Å². The molecular formula is C19H21ClN2O4. The van der Waals surface area contributed by atoms with E-state index in [9.17, 15) is 4.79 Å². The quantitative estimate of drug-likeness (QED) is 0.592. The summed E-state index contributed by atoms with van der Waals surface area (Å²) in [4.78, 5) is 12.0. The Hall–Kier alpha value is -2.73. The number of nitrogens with one attached hydrogen (secondary N) is 1. The summed E-state index contributed by atoms with van der Waals surface area (Å²) in [5, 5.41) is 4.72. The number of nitrogens with zero attached hydrogens (tertiary/aromatic N) is 1. The lowest BCUT2D eigenvalue weighted by atomic mass is 10.1. The molecule has 0 fully saturated rings. The Morgan fingerprint density at radius 2 is 1.88 bits per heavy atom. The number of hydrogen-bond acceptors (Lipinski definition) is 5. The van der Waals surface area contributed by atoms with Crippen LogP contribution in [0, 0.1) is 6.92 Å². The van der Waals surface area contributed by atoms with Gasteiger partial charge in [0.15, 0.2) is 6.61 Å². The zero-order valence-electron chi connectivity index (χ0n) is 15.1. The second-order valence-corrected chi connectivity index (χ2v) is 5.93. The molecule has 0 spiro atoms. The first kappa shape index (κ1) is 19.6. The molecule has 1 amide bonds. The first-order valence-corrected chi connectivity index (χ1v) is 8.27. The maximum absolute atomic E-state index is 12.0. The Kier molecular flexibility index (Phi) is 6.86. The molecule has 0 atom stereocenters. The lowest BCUT2D eigenvalue weighted by molar-refractivity contribution is -0.123. The summed E-state index contributed by atoms with van der Waals surface area (Å²) in [7, 11) is 3.14.